The van der Waals surface area contributed by atoms with E-state index in [0.29, 0.717) is 5.69 Å². The van der Waals surface area contributed by atoms with E-state index < -0.39 is 0 Å². The van der Waals surface area contributed by atoms with Gasteiger partial charge in [0.05, 0.1) is 6.20 Å². The van der Waals surface area contributed by atoms with Crippen molar-refractivity contribution < 1.29 is 0 Å². The van der Waals surface area contributed by atoms with E-state index in [-0.39, 0.29) is 0 Å². The van der Waals surface area contributed by atoms with Crippen LogP contribution in [-0.4, -0.2) is 20.1 Å². The lowest BCUT2D eigenvalue weighted by Crippen LogP contribution is -1.99. The van der Waals surface area contributed by atoms with Gasteiger partial charge in [-0.2, -0.15) is 0 Å². The number of fused-ring (bicyclic) bond motifs is 2. The smallest absolute Gasteiger partial charge is 0.157 e. The molecule has 1 aliphatic carbocycles. The first-order valence-electron chi connectivity index (χ1n) is 8.85. The quantitative estimate of drug-likeness (QED) is 0.484. The number of aromatic nitrogens is 3. The van der Waals surface area contributed by atoms with Crippen molar-refractivity contribution in [3.05, 3.63) is 72.2 Å². The number of benzene rings is 2. The number of aryl methyl sites for hydroxylation is 1. The van der Waals surface area contributed by atoms with Gasteiger partial charge in [0.15, 0.2) is 5.65 Å². The molecule has 0 amide bonds. The van der Waals surface area contributed by atoms with Gasteiger partial charge in [0.2, 0.25) is 0 Å². The first-order chi connectivity index (χ1) is 13.2. The molecular formula is C21H18N6. The van der Waals surface area contributed by atoms with Crippen LogP contribution in [0, 0.1) is 5.41 Å². The standard InChI is InChI=1S/C21H18N6/c22-15-3-1-2-14(10-15)20-21(27-9-8-24-12-19(27)26-20)25-16-5-6-17-13(11-16)4-7-18(17)23/h1-3,5-6,8-12,23,25H,4,7,22H2. The zero-order chi connectivity index (χ0) is 18.4. The summed E-state index contributed by atoms with van der Waals surface area (Å²) in [5.74, 6) is 0.867. The van der Waals surface area contributed by atoms with Gasteiger partial charge in [-0.25, -0.2) is 4.98 Å². The molecule has 0 atom stereocenters. The number of imidazole rings is 1. The predicted octanol–water partition coefficient (Wildman–Crippen LogP) is 4.04. The van der Waals surface area contributed by atoms with Gasteiger partial charge in [-0.15, -0.1) is 0 Å². The summed E-state index contributed by atoms with van der Waals surface area (Å²) in [6.45, 7) is 0. The number of hydrogen-bond acceptors (Lipinski definition) is 5. The number of nitrogens with two attached hydrogens (primary N) is 1. The van der Waals surface area contributed by atoms with E-state index in [4.69, 9.17) is 16.1 Å². The van der Waals surface area contributed by atoms with Gasteiger partial charge in [-0.3, -0.25) is 9.38 Å². The molecule has 0 saturated carbocycles. The average Bonchev–Trinajstić information content (AvgIpc) is 3.23. The third-order valence-corrected chi connectivity index (χ3v) is 4.93. The molecule has 0 saturated heterocycles. The molecule has 5 rings (SSSR count). The van der Waals surface area contributed by atoms with Gasteiger partial charge >= 0.3 is 0 Å². The summed E-state index contributed by atoms with van der Waals surface area (Å²) >= 11 is 0. The van der Waals surface area contributed by atoms with Crippen LogP contribution in [0.5, 0.6) is 0 Å². The van der Waals surface area contributed by atoms with Crippen molar-refractivity contribution in [3.8, 4) is 11.3 Å². The molecule has 2 aromatic carbocycles. The maximum Gasteiger partial charge on any atom is 0.157 e. The summed E-state index contributed by atoms with van der Waals surface area (Å²) < 4.78 is 1.99. The van der Waals surface area contributed by atoms with Crippen LogP contribution in [0.25, 0.3) is 16.9 Å². The van der Waals surface area contributed by atoms with Crippen molar-refractivity contribution >= 4 is 28.6 Å². The number of hydrogen-bond donors (Lipinski definition) is 3. The van der Waals surface area contributed by atoms with Crippen molar-refractivity contribution in [2.75, 3.05) is 11.1 Å². The lowest BCUT2D eigenvalue weighted by molar-refractivity contribution is 1.09. The van der Waals surface area contributed by atoms with Crippen LogP contribution < -0.4 is 11.1 Å². The lowest BCUT2D eigenvalue weighted by Gasteiger charge is -2.11. The largest absolute Gasteiger partial charge is 0.399 e. The third-order valence-electron chi connectivity index (χ3n) is 4.93. The lowest BCUT2D eigenvalue weighted by atomic mass is 10.1. The molecule has 132 valence electrons. The van der Waals surface area contributed by atoms with E-state index in [1.54, 1.807) is 12.4 Å². The van der Waals surface area contributed by atoms with Gasteiger partial charge in [-0.05, 0) is 48.2 Å². The van der Waals surface area contributed by atoms with E-state index in [1.807, 2.05) is 47.0 Å². The number of nitrogens with zero attached hydrogens (tertiary/aromatic N) is 3. The molecule has 4 aromatic rings. The van der Waals surface area contributed by atoms with E-state index in [2.05, 4.69) is 16.4 Å². The molecule has 0 bridgehead atoms. The number of nitrogens with one attached hydrogen (secondary N) is 2. The van der Waals surface area contributed by atoms with Crippen molar-refractivity contribution in [3.63, 3.8) is 0 Å². The van der Waals surface area contributed by atoms with E-state index in [9.17, 15) is 0 Å². The number of rotatable bonds is 3. The predicted molar refractivity (Wildman–Crippen MR) is 108 cm³/mol. The molecule has 1 aliphatic rings. The third kappa shape index (κ3) is 2.62. The molecule has 0 aliphatic heterocycles. The Morgan fingerprint density at radius 2 is 2.04 bits per heavy atom. The second-order valence-electron chi connectivity index (χ2n) is 6.71. The van der Waals surface area contributed by atoms with E-state index in [1.165, 1.54) is 5.56 Å². The molecule has 0 unspecified atom stereocenters. The highest BCUT2D eigenvalue weighted by atomic mass is 15.1. The molecule has 0 spiro atoms. The van der Waals surface area contributed by atoms with Gasteiger partial charge < -0.3 is 16.5 Å². The first-order valence-corrected chi connectivity index (χ1v) is 8.85. The Bertz CT molecular complexity index is 1190. The number of anilines is 3. The molecule has 0 radical (unpaired) electrons. The topological polar surface area (TPSA) is 92.1 Å². The maximum atomic E-state index is 8.02. The van der Waals surface area contributed by atoms with Crippen LogP contribution in [0.2, 0.25) is 0 Å². The zero-order valence-corrected chi connectivity index (χ0v) is 14.6. The Kier molecular flexibility index (Phi) is 3.43. The van der Waals surface area contributed by atoms with Crippen LogP contribution in [0.1, 0.15) is 17.5 Å². The summed E-state index contributed by atoms with van der Waals surface area (Å²) in [6.07, 6.45) is 7.11. The molecule has 6 heteroatoms. The highest BCUT2D eigenvalue weighted by molar-refractivity contribution is 6.02. The fraction of sp³-hybridized carbons (Fsp3) is 0.0952. The fourth-order valence-corrected chi connectivity index (χ4v) is 3.62. The number of nitrogen functional groups attached to an aromatic ring is 1. The molecule has 4 N–H and O–H groups in total. The summed E-state index contributed by atoms with van der Waals surface area (Å²) in [6, 6.07) is 13.9. The second-order valence-corrected chi connectivity index (χ2v) is 6.71. The van der Waals surface area contributed by atoms with Crippen molar-refractivity contribution in [2.24, 2.45) is 0 Å². The van der Waals surface area contributed by atoms with Gasteiger partial charge in [0.1, 0.15) is 11.5 Å². The van der Waals surface area contributed by atoms with Crippen LogP contribution in [0.4, 0.5) is 17.2 Å². The Hall–Kier alpha value is -3.67. The van der Waals surface area contributed by atoms with Gasteiger partial charge in [0.25, 0.3) is 0 Å². The van der Waals surface area contributed by atoms with Gasteiger partial charge in [0, 0.05) is 35.0 Å². The van der Waals surface area contributed by atoms with Crippen LogP contribution >= 0.6 is 0 Å². The molecule has 27 heavy (non-hydrogen) atoms. The Labute approximate surface area is 156 Å². The van der Waals surface area contributed by atoms with E-state index in [0.717, 1.165) is 52.5 Å². The fourth-order valence-electron chi connectivity index (χ4n) is 3.62. The highest BCUT2D eigenvalue weighted by Crippen LogP contribution is 2.33. The Morgan fingerprint density at radius 1 is 1.11 bits per heavy atom. The van der Waals surface area contributed by atoms with Crippen LogP contribution in [-0.2, 0) is 6.42 Å². The van der Waals surface area contributed by atoms with Gasteiger partial charge in [-0.1, -0.05) is 18.2 Å². The van der Waals surface area contributed by atoms with E-state index >= 15 is 0 Å². The SMILES string of the molecule is N=C1CCc2cc(Nc3c(-c4cccc(N)c4)nc4cnccn34)ccc21. The summed E-state index contributed by atoms with van der Waals surface area (Å²) in [7, 11) is 0. The highest BCUT2D eigenvalue weighted by Gasteiger charge is 2.18. The summed E-state index contributed by atoms with van der Waals surface area (Å²) in [5, 5.41) is 11.5. The first kappa shape index (κ1) is 15.6. The molecular weight excluding hydrogens is 336 g/mol. The monoisotopic (exact) mass is 354 g/mol. The normalized spacial score (nSPS) is 13.1. The molecule has 2 heterocycles. The molecule has 2 aromatic heterocycles. The van der Waals surface area contributed by atoms with Crippen molar-refractivity contribution in [1.82, 2.24) is 14.4 Å². The van der Waals surface area contributed by atoms with Crippen molar-refractivity contribution in [1.29, 1.82) is 5.41 Å². The second kappa shape index (κ2) is 5.95. The Balaban J connectivity index is 1.64. The van der Waals surface area contributed by atoms with Crippen LogP contribution in [0.3, 0.4) is 0 Å². The summed E-state index contributed by atoms with van der Waals surface area (Å²) in [5.41, 5.74) is 13.2. The minimum absolute atomic E-state index is 0.699. The van der Waals surface area contributed by atoms with Crippen molar-refractivity contribution in [2.45, 2.75) is 12.8 Å². The summed E-state index contributed by atoms with van der Waals surface area (Å²) in [4.78, 5) is 8.93. The maximum absolute atomic E-state index is 8.02. The zero-order valence-electron chi connectivity index (χ0n) is 14.6. The Morgan fingerprint density at radius 3 is 2.93 bits per heavy atom. The molecule has 6 nitrogen and oxygen atoms in total. The van der Waals surface area contributed by atoms with Crippen LogP contribution in [0.15, 0.2) is 61.1 Å². The average molecular weight is 354 g/mol. The minimum atomic E-state index is 0.699. The minimum Gasteiger partial charge on any atom is -0.399 e. The molecule has 0 fully saturated rings.